The molecule has 1 aliphatic rings. The van der Waals surface area contributed by atoms with E-state index in [9.17, 15) is 9.59 Å². The number of rotatable bonds is 3. The van der Waals surface area contributed by atoms with E-state index in [1.807, 2.05) is 42.5 Å². The van der Waals surface area contributed by atoms with Gasteiger partial charge in [0.2, 0.25) is 11.8 Å². The molecule has 0 bridgehead atoms. The fraction of sp³-hybridized carbons (Fsp3) is 0.211. The Morgan fingerprint density at radius 2 is 2.16 bits per heavy atom. The molecule has 3 aromatic rings. The summed E-state index contributed by atoms with van der Waals surface area (Å²) in [6.45, 7) is 0.413. The van der Waals surface area contributed by atoms with Gasteiger partial charge >= 0.3 is 0 Å². The van der Waals surface area contributed by atoms with Crippen LogP contribution >= 0.6 is 0 Å². The highest BCUT2D eigenvalue weighted by Gasteiger charge is 2.33. The zero-order valence-electron chi connectivity index (χ0n) is 13.8. The summed E-state index contributed by atoms with van der Waals surface area (Å²) in [5.41, 5.74) is 4.51. The topological polar surface area (TPSA) is 78.1 Å². The molecule has 126 valence electrons. The summed E-state index contributed by atoms with van der Waals surface area (Å²) in [5.74, 6) is -0.618. The van der Waals surface area contributed by atoms with Crippen LogP contribution in [0.15, 0.2) is 48.8 Å². The molecule has 0 fully saturated rings. The summed E-state index contributed by atoms with van der Waals surface area (Å²) in [5, 5.41) is 2.96. The zero-order chi connectivity index (χ0) is 17.4. The largest absolute Gasteiger partial charge is 0.351 e. The molecule has 0 aliphatic carbocycles. The maximum absolute atomic E-state index is 12.7. The molecular formula is C19H18N4O2. The summed E-state index contributed by atoms with van der Waals surface area (Å²) in [7, 11) is 1.74. The molecule has 2 N–H and O–H groups in total. The van der Waals surface area contributed by atoms with Gasteiger partial charge in [-0.15, -0.1) is 0 Å². The molecule has 2 aromatic carbocycles. The predicted octanol–water partition coefficient (Wildman–Crippen LogP) is 2.33. The molecule has 25 heavy (non-hydrogen) atoms. The molecular weight excluding hydrogens is 316 g/mol. The molecule has 4 rings (SSSR count). The predicted molar refractivity (Wildman–Crippen MR) is 95.2 cm³/mol. The van der Waals surface area contributed by atoms with Gasteiger partial charge < -0.3 is 15.2 Å². The number of nitrogens with one attached hydrogen (secondary N) is 2. The third kappa shape index (κ3) is 2.76. The average molecular weight is 334 g/mol. The van der Waals surface area contributed by atoms with Crippen molar-refractivity contribution in [2.75, 3.05) is 11.9 Å². The van der Waals surface area contributed by atoms with Crippen LogP contribution < -0.4 is 10.2 Å². The van der Waals surface area contributed by atoms with Crippen molar-refractivity contribution in [3.8, 4) is 0 Å². The molecule has 0 saturated carbocycles. The van der Waals surface area contributed by atoms with E-state index in [0.717, 1.165) is 27.8 Å². The van der Waals surface area contributed by atoms with Crippen molar-refractivity contribution < 1.29 is 9.59 Å². The first-order chi connectivity index (χ1) is 12.1. The van der Waals surface area contributed by atoms with Gasteiger partial charge in [0, 0.05) is 25.7 Å². The van der Waals surface area contributed by atoms with Gasteiger partial charge in [-0.1, -0.05) is 24.3 Å². The first kappa shape index (κ1) is 15.4. The fourth-order valence-corrected chi connectivity index (χ4v) is 3.28. The summed E-state index contributed by atoms with van der Waals surface area (Å²) >= 11 is 0. The molecule has 2 heterocycles. The number of hydrogen-bond donors (Lipinski definition) is 2. The van der Waals surface area contributed by atoms with Crippen LogP contribution in [-0.4, -0.2) is 28.8 Å². The summed E-state index contributed by atoms with van der Waals surface area (Å²) in [6.07, 6.45) is 1.84. The molecule has 1 atom stereocenters. The fourth-order valence-electron chi connectivity index (χ4n) is 3.28. The quantitative estimate of drug-likeness (QED) is 0.772. The minimum absolute atomic E-state index is 0.0438. The number of para-hydroxylation sites is 1. The van der Waals surface area contributed by atoms with Crippen LogP contribution in [-0.2, 0) is 16.1 Å². The number of carbonyl (C=O) groups excluding carboxylic acids is 2. The van der Waals surface area contributed by atoms with Crippen LogP contribution in [0.2, 0.25) is 0 Å². The number of hydrogen-bond acceptors (Lipinski definition) is 3. The van der Waals surface area contributed by atoms with Crippen LogP contribution in [0.25, 0.3) is 11.0 Å². The van der Waals surface area contributed by atoms with Crippen LogP contribution in [0.1, 0.15) is 23.5 Å². The second-order valence-electron chi connectivity index (χ2n) is 6.24. The van der Waals surface area contributed by atoms with Crippen molar-refractivity contribution >= 4 is 28.5 Å². The molecule has 6 heteroatoms. The second-order valence-corrected chi connectivity index (χ2v) is 6.24. The number of aromatic amines is 1. The van der Waals surface area contributed by atoms with Gasteiger partial charge in [-0.2, -0.15) is 0 Å². The number of anilines is 1. The van der Waals surface area contributed by atoms with E-state index in [0.29, 0.717) is 6.54 Å². The second kappa shape index (κ2) is 6.05. The monoisotopic (exact) mass is 334 g/mol. The Bertz CT molecular complexity index is 963. The van der Waals surface area contributed by atoms with Crippen molar-refractivity contribution in [1.29, 1.82) is 0 Å². The number of imidazole rings is 1. The summed E-state index contributed by atoms with van der Waals surface area (Å²) in [6, 6.07) is 13.4. The molecule has 1 aliphatic heterocycles. The maximum Gasteiger partial charge on any atom is 0.228 e. The Morgan fingerprint density at radius 1 is 1.32 bits per heavy atom. The average Bonchev–Trinajstić information content (AvgIpc) is 3.10. The third-order valence-electron chi connectivity index (χ3n) is 4.69. The van der Waals surface area contributed by atoms with Gasteiger partial charge in [-0.3, -0.25) is 9.59 Å². The normalized spacial score (nSPS) is 16.8. The minimum atomic E-state index is -0.448. The Kier molecular flexibility index (Phi) is 3.72. The number of aromatic nitrogens is 2. The van der Waals surface area contributed by atoms with Gasteiger partial charge in [-0.05, 0) is 29.3 Å². The van der Waals surface area contributed by atoms with Crippen LogP contribution in [0, 0.1) is 0 Å². The van der Waals surface area contributed by atoms with E-state index < -0.39 is 5.92 Å². The van der Waals surface area contributed by atoms with Gasteiger partial charge in [0.25, 0.3) is 0 Å². The van der Waals surface area contributed by atoms with E-state index in [4.69, 9.17) is 0 Å². The van der Waals surface area contributed by atoms with Crippen molar-refractivity contribution in [3.63, 3.8) is 0 Å². The number of carbonyl (C=O) groups is 2. The van der Waals surface area contributed by atoms with E-state index in [1.165, 1.54) is 0 Å². The highest BCUT2D eigenvalue weighted by Crippen LogP contribution is 2.35. The van der Waals surface area contributed by atoms with E-state index in [2.05, 4.69) is 15.3 Å². The number of nitrogens with zero attached hydrogens (tertiary/aromatic N) is 2. The lowest BCUT2D eigenvalue weighted by Gasteiger charge is -2.30. The van der Waals surface area contributed by atoms with E-state index in [-0.39, 0.29) is 18.2 Å². The molecule has 0 spiro atoms. The van der Waals surface area contributed by atoms with Crippen LogP contribution in [0.4, 0.5) is 5.69 Å². The van der Waals surface area contributed by atoms with Crippen molar-refractivity contribution in [3.05, 3.63) is 59.9 Å². The Labute approximate surface area is 144 Å². The Morgan fingerprint density at radius 3 is 3.04 bits per heavy atom. The van der Waals surface area contributed by atoms with Gasteiger partial charge in [0.05, 0.1) is 23.3 Å². The minimum Gasteiger partial charge on any atom is -0.351 e. The lowest BCUT2D eigenvalue weighted by Crippen LogP contribution is -2.39. The van der Waals surface area contributed by atoms with Crippen molar-refractivity contribution in [1.82, 2.24) is 15.3 Å². The maximum atomic E-state index is 12.7. The van der Waals surface area contributed by atoms with Crippen molar-refractivity contribution in [2.24, 2.45) is 0 Å². The lowest BCUT2D eigenvalue weighted by atomic mass is 9.89. The molecule has 0 radical (unpaired) electrons. The number of amides is 2. The number of benzene rings is 2. The highest BCUT2D eigenvalue weighted by atomic mass is 16.2. The number of H-pyrrole nitrogens is 1. The zero-order valence-corrected chi connectivity index (χ0v) is 13.8. The first-order valence-electron chi connectivity index (χ1n) is 8.18. The van der Waals surface area contributed by atoms with Crippen LogP contribution in [0.5, 0.6) is 0 Å². The Hall–Kier alpha value is -3.15. The van der Waals surface area contributed by atoms with E-state index in [1.54, 1.807) is 18.3 Å². The van der Waals surface area contributed by atoms with Crippen molar-refractivity contribution in [2.45, 2.75) is 18.9 Å². The molecule has 1 unspecified atom stereocenters. The molecule has 2 amide bonds. The highest BCUT2D eigenvalue weighted by molar-refractivity contribution is 6.02. The van der Waals surface area contributed by atoms with Gasteiger partial charge in [-0.25, -0.2) is 4.98 Å². The van der Waals surface area contributed by atoms with Crippen LogP contribution in [0.3, 0.4) is 0 Å². The molecule has 6 nitrogen and oxygen atoms in total. The summed E-state index contributed by atoms with van der Waals surface area (Å²) in [4.78, 5) is 33.8. The third-order valence-corrected chi connectivity index (χ3v) is 4.69. The molecule has 1 aromatic heterocycles. The SMILES string of the molecule is CN1C(=O)CC(C(=O)NCc2ccc3nc[nH]c3c2)c2ccccc21. The van der Waals surface area contributed by atoms with Gasteiger partial charge in [0.1, 0.15) is 0 Å². The lowest BCUT2D eigenvalue weighted by molar-refractivity contribution is -0.127. The first-order valence-corrected chi connectivity index (χ1v) is 8.18. The molecule has 0 saturated heterocycles. The van der Waals surface area contributed by atoms with E-state index >= 15 is 0 Å². The summed E-state index contributed by atoms with van der Waals surface area (Å²) < 4.78 is 0. The number of fused-ring (bicyclic) bond motifs is 2. The smallest absolute Gasteiger partial charge is 0.228 e. The van der Waals surface area contributed by atoms with Gasteiger partial charge in [0.15, 0.2) is 0 Å². The standard InChI is InChI=1S/C19H18N4O2/c1-23-17-5-3-2-4-13(17)14(9-18(23)24)19(25)20-10-12-6-7-15-16(8-12)22-11-21-15/h2-8,11,14H,9-10H2,1H3,(H,20,25)(H,21,22). The Balaban J connectivity index is 1.52.